The summed E-state index contributed by atoms with van der Waals surface area (Å²) in [5.74, 6) is 1.51. The molecule has 0 amide bonds. The third kappa shape index (κ3) is 3.72. The number of hydrogen-bond donors (Lipinski definition) is 1. The number of aromatic nitrogens is 6. The van der Waals surface area contributed by atoms with Crippen molar-refractivity contribution in [3.05, 3.63) is 33.9 Å². The zero-order chi connectivity index (χ0) is 22.4. The summed E-state index contributed by atoms with van der Waals surface area (Å²) in [5.41, 5.74) is 2.65. The lowest BCUT2D eigenvalue weighted by molar-refractivity contribution is 0.263. The topological polar surface area (TPSA) is 97.0 Å². The second kappa shape index (κ2) is 8.16. The van der Waals surface area contributed by atoms with Gasteiger partial charge in [-0.05, 0) is 53.2 Å². The van der Waals surface area contributed by atoms with E-state index in [1.165, 1.54) is 4.68 Å². The maximum atomic E-state index is 12.5. The maximum Gasteiger partial charge on any atom is 0.270 e. The highest BCUT2D eigenvalue weighted by Gasteiger charge is 2.26. The number of nitrogens with one attached hydrogen (secondary N) is 1. The second-order valence-electron chi connectivity index (χ2n) is 9.26. The Balaban J connectivity index is 1.52. The molecule has 3 aromatic heterocycles. The van der Waals surface area contributed by atoms with Crippen LogP contribution in [0.1, 0.15) is 43.9 Å². The summed E-state index contributed by atoms with van der Waals surface area (Å²) >= 11 is 0. The molecule has 2 aliphatic rings. The first kappa shape index (κ1) is 20.9. The fourth-order valence-corrected chi connectivity index (χ4v) is 4.67. The van der Waals surface area contributed by atoms with Crippen LogP contribution in [0.3, 0.4) is 0 Å². The summed E-state index contributed by atoms with van der Waals surface area (Å²) in [4.78, 5) is 26.9. The monoisotopic (exact) mass is 437 g/mol. The Morgan fingerprint density at radius 1 is 1.06 bits per heavy atom. The highest BCUT2D eigenvalue weighted by molar-refractivity contribution is 5.88. The van der Waals surface area contributed by atoms with E-state index in [-0.39, 0.29) is 11.6 Å². The van der Waals surface area contributed by atoms with Gasteiger partial charge in [-0.3, -0.25) is 4.79 Å². The zero-order valence-corrected chi connectivity index (χ0v) is 19.2. The van der Waals surface area contributed by atoms with Crippen molar-refractivity contribution < 1.29 is 0 Å². The molecule has 1 saturated heterocycles. The van der Waals surface area contributed by atoms with Crippen molar-refractivity contribution in [2.24, 2.45) is 7.05 Å². The highest BCUT2D eigenvalue weighted by Crippen LogP contribution is 2.30. The molecule has 10 nitrogen and oxygen atoms in total. The average Bonchev–Trinajstić information content (AvgIpc) is 3.21. The van der Waals surface area contributed by atoms with Crippen LogP contribution in [0.4, 0.5) is 11.8 Å². The van der Waals surface area contributed by atoms with Crippen molar-refractivity contribution in [1.29, 1.82) is 0 Å². The van der Waals surface area contributed by atoms with Gasteiger partial charge in [0.1, 0.15) is 5.82 Å². The van der Waals surface area contributed by atoms with Crippen molar-refractivity contribution in [3.8, 4) is 0 Å². The molecule has 0 saturated carbocycles. The molecule has 3 aromatic rings. The number of piperidine rings is 1. The van der Waals surface area contributed by atoms with Crippen molar-refractivity contribution in [3.63, 3.8) is 0 Å². The molecular weight excluding hydrogens is 406 g/mol. The third-order valence-electron chi connectivity index (χ3n) is 6.59. The van der Waals surface area contributed by atoms with Crippen LogP contribution in [-0.4, -0.2) is 67.2 Å². The fraction of sp³-hybridized carbons (Fsp3) is 0.591. The number of likely N-dealkylation sites (tertiary alicyclic amines) is 1. The van der Waals surface area contributed by atoms with Gasteiger partial charge in [0.25, 0.3) is 5.56 Å². The van der Waals surface area contributed by atoms with Gasteiger partial charge in [0.05, 0.1) is 17.8 Å². The number of anilines is 2. The van der Waals surface area contributed by atoms with Gasteiger partial charge in [-0.2, -0.15) is 20.2 Å². The van der Waals surface area contributed by atoms with E-state index in [1.807, 2.05) is 10.9 Å². The molecule has 5 heterocycles. The molecule has 0 radical (unpaired) electrons. The number of rotatable bonds is 4. The Kier molecular flexibility index (Phi) is 5.32. The smallest absolute Gasteiger partial charge is 0.270 e. The van der Waals surface area contributed by atoms with E-state index in [4.69, 9.17) is 9.97 Å². The summed E-state index contributed by atoms with van der Waals surface area (Å²) in [6.07, 6.45) is 6.48. The van der Waals surface area contributed by atoms with Gasteiger partial charge in [-0.15, -0.1) is 0 Å². The lowest BCUT2D eigenvalue weighted by atomic mass is 10.0. The van der Waals surface area contributed by atoms with E-state index < -0.39 is 0 Å². The Morgan fingerprint density at radius 2 is 1.84 bits per heavy atom. The average molecular weight is 438 g/mol. The molecule has 0 aromatic carbocycles. The van der Waals surface area contributed by atoms with Gasteiger partial charge in [-0.25, -0.2) is 9.36 Å². The number of hydrogen-bond acceptors (Lipinski definition) is 8. The van der Waals surface area contributed by atoms with Crippen LogP contribution in [0.5, 0.6) is 0 Å². The van der Waals surface area contributed by atoms with Crippen LogP contribution < -0.4 is 15.8 Å². The molecule has 1 N–H and O–H groups in total. The molecule has 10 heteroatoms. The summed E-state index contributed by atoms with van der Waals surface area (Å²) < 4.78 is 3.36. The summed E-state index contributed by atoms with van der Waals surface area (Å²) in [5, 5.41) is 13.3. The van der Waals surface area contributed by atoms with E-state index in [9.17, 15) is 4.79 Å². The Hall–Kier alpha value is -3.01. The molecule has 1 fully saturated rings. The molecule has 5 rings (SSSR count). The van der Waals surface area contributed by atoms with Crippen LogP contribution in [0.25, 0.3) is 11.0 Å². The molecule has 0 bridgehead atoms. The standard InChI is InChI=1S/C22H31N9O/c1-14(2)31-20-18(12-24-31)19(26-22(27-20)25-16-5-8-28(3)9-6-16)30-10-7-17-15(13-30)11-23-29(4)21(17)32/h11-12,14,16H,5-10,13H2,1-4H3,(H,25,26,27). The molecule has 32 heavy (non-hydrogen) atoms. The van der Waals surface area contributed by atoms with E-state index in [0.717, 1.165) is 60.5 Å². The van der Waals surface area contributed by atoms with Gasteiger partial charge in [0.15, 0.2) is 5.65 Å². The van der Waals surface area contributed by atoms with Crippen molar-refractivity contribution in [2.45, 2.75) is 51.7 Å². The number of nitrogens with zero attached hydrogens (tertiary/aromatic N) is 8. The highest BCUT2D eigenvalue weighted by atomic mass is 16.1. The molecule has 0 spiro atoms. The molecule has 0 atom stereocenters. The van der Waals surface area contributed by atoms with Gasteiger partial charge < -0.3 is 15.1 Å². The summed E-state index contributed by atoms with van der Waals surface area (Å²) in [7, 11) is 3.86. The lowest BCUT2D eigenvalue weighted by Crippen LogP contribution is -2.38. The molecule has 0 unspecified atom stereocenters. The van der Waals surface area contributed by atoms with Crippen LogP contribution in [0.15, 0.2) is 17.2 Å². The second-order valence-corrected chi connectivity index (χ2v) is 9.26. The van der Waals surface area contributed by atoms with Crippen molar-refractivity contribution in [2.75, 3.05) is 36.9 Å². The Morgan fingerprint density at radius 3 is 2.59 bits per heavy atom. The van der Waals surface area contributed by atoms with Gasteiger partial charge in [0.2, 0.25) is 5.95 Å². The minimum atomic E-state index is -0.00719. The quantitative estimate of drug-likeness (QED) is 0.657. The molecular formula is C22H31N9O. The Labute approximate surface area is 187 Å². The summed E-state index contributed by atoms with van der Waals surface area (Å²) in [6, 6.07) is 0.557. The predicted octanol–water partition coefficient (Wildman–Crippen LogP) is 1.57. The van der Waals surface area contributed by atoms with Gasteiger partial charge in [0, 0.05) is 43.3 Å². The van der Waals surface area contributed by atoms with Crippen molar-refractivity contribution >= 4 is 22.8 Å². The van der Waals surface area contributed by atoms with E-state index >= 15 is 0 Å². The first-order valence-electron chi connectivity index (χ1n) is 11.4. The number of aryl methyl sites for hydroxylation is 1. The first-order valence-corrected chi connectivity index (χ1v) is 11.4. The van der Waals surface area contributed by atoms with E-state index in [1.54, 1.807) is 13.2 Å². The largest absolute Gasteiger partial charge is 0.351 e. The molecule has 2 aliphatic heterocycles. The number of fused-ring (bicyclic) bond motifs is 2. The van der Waals surface area contributed by atoms with Crippen molar-refractivity contribution in [1.82, 2.24) is 34.4 Å². The SMILES string of the molecule is CC(C)n1ncc2c(N3CCc4c(cnn(C)c4=O)C3)nc(NC3CCN(C)CC3)nc21. The summed E-state index contributed by atoms with van der Waals surface area (Å²) in [6.45, 7) is 7.68. The lowest BCUT2D eigenvalue weighted by Gasteiger charge is -2.31. The van der Waals surface area contributed by atoms with E-state index in [2.05, 4.69) is 46.2 Å². The minimum absolute atomic E-state index is 0.00719. The zero-order valence-electron chi connectivity index (χ0n) is 19.2. The maximum absolute atomic E-state index is 12.5. The van der Waals surface area contributed by atoms with Crippen LogP contribution >= 0.6 is 0 Å². The van der Waals surface area contributed by atoms with Crippen LogP contribution in [0, 0.1) is 0 Å². The van der Waals surface area contributed by atoms with Gasteiger partial charge >= 0.3 is 0 Å². The molecule has 170 valence electrons. The fourth-order valence-electron chi connectivity index (χ4n) is 4.67. The normalized spacial score (nSPS) is 17.8. The predicted molar refractivity (Wildman–Crippen MR) is 124 cm³/mol. The molecule has 0 aliphatic carbocycles. The minimum Gasteiger partial charge on any atom is -0.351 e. The Bertz CT molecular complexity index is 1190. The first-order chi connectivity index (χ1) is 15.4. The van der Waals surface area contributed by atoms with Crippen LogP contribution in [0.2, 0.25) is 0 Å². The van der Waals surface area contributed by atoms with Gasteiger partial charge in [-0.1, -0.05) is 0 Å². The van der Waals surface area contributed by atoms with Crippen LogP contribution in [-0.2, 0) is 20.0 Å². The van der Waals surface area contributed by atoms with E-state index in [0.29, 0.717) is 25.0 Å². The third-order valence-corrected chi connectivity index (χ3v) is 6.59.